The highest BCUT2D eigenvalue weighted by Crippen LogP contribution is 2.23. The van der Waals surface area contributed by atoms with Crippen LogP contribution >= 0.6 is 11.6 Å². The molecule has 1 heterocycles. The van der Waals surface area contributed by atoms with E-state index in [2.05, 4.69) is 20.5 Å². The second kappa shape index (κ2) is 7.83. The molecule has 0 radical (unpaired) electrons. The molecule has 128 valence electrons. The maximum atomic E-state index is 11.9. The van der Waals surface area contributed by atoms with E-state index in [0.717, 1.165) is 18.8 Å². The smallest absolute Gasteiger partial charge is 0.293 e. The van der Waals surface area contributed by atoms with Crippen LogP contribution < -0.4 is 10.3 Å². The number of anilines is 1. The van der Waals surface area contributed by atoms with Gasteiger partial charge in [-0.05, 0) is 26.0 Å². The SMILES string of the molecule is CCN(CC)c1ccc(/C=N/NC(=O)c2nn(C)cc2Cl)c(O)c1. The average molecular weight is 350 g/mol. The van der Waals surface area contributed by atoms with E-state index in [4.69, 9.17) is 11.6 Å². The Morgan fingerprint density at radius 3 is 2.71 bits per heavy atom. The molecule has 0 bridgehead atoms. The van der Waals surface area contributed by atoms with Crippen molar-refractivity contribution in [2.24, 2.45) is 12.1 Å². The number of benzene rings is 1. The molecule has 0 atom stereocenters. The van der Waals surface area contributed by atoms with Crippen LogP contribution in [0.1, 0.15) is 29.9 Å². The summed E-state index contributed by atoms with van der Waals surface area (Å²) in [4.78, 5) is 14.0. The second-order valence-electron chi connectivity index (χ2n) is 5.11. The summed E-state index contributed by atoms with van der Waals surface area (Å²) in [5, 5.41) is 18.1. The third-order valence-corrected chi connectivity index (χ3v) is 3.79. The first-order valence-electron chi connectivity index (χ1n) is 7.56. The summed E-state index contributed by atoms with van der Waals surface area (Å²) in [7, 11) is 1.67. The Kier molecular flexibility index (Phi) is 5.81. The minimum atomic E-state index is -0.517. The molecule has 0 saturated carbocycles. The van der Waals surface area contributed by atoms with Crippen LogP contribution in [0.4, 0.5) is 5.69 Å². The number of halogens is 1. The van der Waals surface area contributed by atoms with E-state index in [9.17, 15) is 9.90 Å². The number of aryl methyl sites for hydroxylation is 1. The zero-order valence-electron chi connectivity index (χ0n) is 13.8. The molecule has 0 aliphatic carbocycles. The summed E-state index contributed by atoms with van der Waals surface area (Å²) in [6, 6.07) is 5.31. The first kappa shape index (κ1) is 17.8. The monoisotopic (exact) mass is 349 g/mol. The molecule has 0 unspecified atom stereocenters. The summed E-state index contributed by atoms with van der Waals surface area (Å²) in [5.41, 5.74) is 3.86. The van der Waals surface area contributed by atoms with E-state index in [1.54, 1.807) is 19.2 Å². The van der Waals surface area contributed by atoms with Gasteiger partial charge in [0.1, 0.15) is 5.75 Å². The van der Waals surface area contributed by atoms with E-state index < -0.39 is 5.91 Å². The van der Waals surface area contributed by atoms with Crippen LogP contribution in [0.15, 0.2) is 29.5 Å². The second-order valence-corrected chi connectivity index (χ2v) is 5.52. The molecular weight excluding hydrogens is 330 g/mol. The van der Waals surface area contributed by atoms with Crippen molar-refractivity contribution < 1.29 is 9.90 Å². The highest BCUT2D eigenvalue weighted by Gasteiger charge is 2.13. The third kappa shape index (κ3) is 4.05. The molecule has 2 N–H and O–H groups in total. The van der Waals surface area contributed by atoms with Crippen molar-refractivity contribution in [2.75, 3.05) is 18.0 Å². The standard InChI is InChI=1S/C16H20ClN5O2/c1-4-22(5-2)12-7-6-11(14(23)8-12)9-18-19-16(24)15-13(17)10-21(3)20-15/h6-10,23H,4-5H2,1-3H3,(H,19,24)/b18-9+. The molecule has 0 spiro atoms. The lowest BCUT2D eigenvalue weighted by molar-refractivity contribution is 0.0949. The van der Waals surface area contributed by atoms with E-state index in [0.29, 0.717) is 5.56 Å². The van der Waals surface area contributed by atoms with Gasteiger partial charge in [0.2, 0.25) is 0 Å². The van der Waals surface area contributed by atoms with Crippen LogP contribution in [0.25, 0.3) is 0 Å². The number of hydrogen-bond donors (Lipinski definition) is 2. The normalized spacial score (nSPS) is 11.0. The van der Waals surface area contributed by atoms with Gasteiger partial charge in [0.05, 0.1) is 11.2 Å². The summed E-state index contributed by atoms with van der Waals surface area (Å²) >= 11 is 5.89. The number of nitrogens with one attached hydrogen (secondary N) is 1. The van der Waals surface area contributed by atoms with E-state index in [-0.39, 0.29) is 16.5 Å². The Morgan fingerprint density at radius 2 is 2.17 bits per heavy atom. The fraction of sp³-hybridized carbons (Fsp3) is 0.312. The molecule has 24 heavy (non-hydrogen) atoms. The molecule has 8 heteroatoms. The fourth-order valence-corrected chi connectivity index (χ4v) is 2.52. The van der Waals surface area contributed by atoms with Gasteiger partial charge in [-0.2, -0.15) is 10.2 Å². The molecule has 0 saturated heterocycles. The van der Waals surface area contributed by atoms with Crippen molar-refractivity contribution in [1.82, 2.24) is 15.2 Å². The van der Waals surface area contributed by atoms with Crippen LogP contribution in [0.2, 0.25) is 5.02 Å². The molecule has 0 fully saturated rings. The summed E-state index contributed by atoms with van der Waals surface area (Å²) < 4.78 is 1.44. The van der Waals surface area contributed by atoms with Gasteiger partial charge in [0.25, 0.3) is 5.91 Å². The lowest BCUT2D eigenvalue weighted by Crippen LogP contribution is -2.21. The number of hydrazone groups is 1. The average Bonchev–Trinajstić information content (AvgIpc) is 2.89. The zero-order valence-corrected chi connectivity index (χ0v) is 14.6. The first-order chi connectivity index (χ1) is 11.5. The lowest BCUT2D eigenvalue weighted by atomic mass is 10.2. The molecule has 0 aliphatic heterocycles. The predicted octanol–water partition coefficient (Wildman–Crippen LogP) is 2.39. The summed E-state index contributed by atoms with van der Waals surface area (Å²) in [5.74, 6) is -0.427. The Morgan fingerprint density at radius 1 is 1.46 bits per heavy atom. The minimum Gasteiger partial charge on any atom is -0.507 e. The van der Waals surface area contributed by atoms with Crippen molar-refractivity contribution in [2.45, 2.75) is 13.8 Å². The summed E-state index contributed by atoms with van der Waals surface area (Å²) in [6.07, 6.45) is 2.90. The first-order valence-corrected chi connectivity index (χ1v) is 7.94. The number of aromatic hydroxyl groups is 1. The molecule has 7 nitrogen and oxygen atoms in total. The van der Waals surface area contributed by atoms with Crippen LogP contribution in [0, 0.1) is 0 Å². The molecular formula is C16H20ClN5O2. The van der Waals surface area contributed by atoms with Crippen LogP contribution in [0.3, 0.4) is 0 Å². The van der Waals surface area contributed by atoms with Gasteiger partial charge < -0.3 is 10.0 Å². The van der Waals surface area contributed by atoms with E-state index in [1.807, 2.05) is 19.9 Å². The lowest BCUT2D eigenvalue weighted by Gasteiger charge is -2.21. The Hall–Kier alpha value is -2.54. The predicted molar refractivity (Wildman–Crippen MR) is 94.9 cm³/mol. The topological polar surface area (TPSA) is 82.8 Å². The van der Waals surface area contributed by atoms with Crippen molar-refractivity contribution >= 4 is 29.4 Å². The number of amides is 1. The fourth-order valence-electron chi connectivity index (χ4n) is 2.25. The summed E-state index contributed by atoms with van der Waals surface area (Å²) in [6.45, 7) is 5.80. The minimum absolute atomic E-state index is 0.0910. The number of rotatable bonds is 6. The highest BCUT2D eigenvalue weighted by atomic mass is 35.5. The van der Waals surface area contributed by atoms with Gasteiger partial charge >= 0.3 is 0 Å². The Labute approximate surface area is 145 Å². The zero-order chi connectivity index (χ0) is 17.7. The number of hydrogen-bond acceptors (Lipinski definition) is 5. The Balaban J connectivity index is 2.06. The van der Waals surface area contributed by atoms with Crippen molar-refractivity contribution in [1.29, 1.82) is 0 Å². The maximum absolute atomic E-state index is 11.9. The van der Waals surface area contributed by atoms with Gasteiger partial charge in [-0.3, -0.25) is 9.48 Å². The largest absolute Gasteiger partial charge is 0.507 e. The van der Waals surface area contributed by atoms with Crippen LogP contribution in [-0.4, -0.2) is 40.1 Å². The number of carbonyl (C=O) groups excluding carboxylic acids is 1. The molecule has 0 aliphatic rings. The quantitative estimate of drug-likeness (QED) is 0.619. The van der Waals surface area contributed by atoms with Gasteiger partial charge in [0, 0.05) is 43.7 Å². The highest BCUT2D eigenvalue weighted by molar-refractivity contribution is 6.33. The maximum Gasteiger partial charge on any atom is 0.293 e. The number of phenolic OH excluding ortho intramolecular Hbond substituents is 1. The van der Waals surface area contributed by atoms with Gasteiger partial charge in [-0.1, -0.05) is 11.6 Å². The van der Waals surface area contributed by atoms with Crippen LogP contribution in [0.5, 0.6) is 5.75 Å². The van der Waals surface area contributed by atoms with Crippen molar-refractivity contribution in [3.63, 3.8) is 0 Å². The molecule has 1 amide bonds. The number of nitrogens with zero attached hydrogens (tertiary/aromatic N) is 4. The van der Waals surface area contributed by atoms with Gasteiger partial charge in [-0.25, -0.2) is 5.43 Å². The number of phenols is 1. The Bertz CT molecular complexity index is 753. The molecule has 1 aromatic heterocycles. The van der Waals surface area contributed by atoms with Gasteiger partial charge in [-0.15, -0.1) is 0 Å². The molecule has 2 aromatic rings. The molecule has 2 rings (SSSR count). The third-order valence-electron chi connectivity index (χ3n) is 3.51. The van der Waals surface area contributed by atoms with E-state index in [1.165, 1.54) is 17.1 Å². The van der Waals surface area contributed by atoms with E-state index >= 15 is 0 Å². The number of carbonyl (C=O) groups is 1. The van der Waals surface area contributed by atoms with Gasteiger partial charge in [0.15, 0.2) is 5.69 Å². The van der Waals surface area contributed by atoms with Crippen LogP contribution in [-0.2, 0) is 7.05 Å². The number of aromatic nitrogens is 2. The van der Waals surface area contributed by atoms with Crippen molar-refractivity contribution in [3.05, 3.63) is 40.7 Å². The van der Waals surface area contributed by atoms with Crippen molar-refractivity contribution in [3.8, 4) is 5.75 Å². The molecule has 1 aromatic carbocycles.